The molecule has 0 aliphatic carbocycles. The minimum Gasteiger partial charge on any atom is -0.493 e. The average Bonchev–Trinajstić information content (AvgIpc) is 3.00. The fourth-order valence-corrected chi connectivity index (χ4v) is 2.27. The van der Waals surface area contributed by atoms with Gasteiger partial charge in [-0.1, -0.05) is 18.2 Å². The minimum absolute atomic E-state index is 0.166. The molecule has 0 bridgehead atoms. The van der Waals surface area contributed by atoms with Crippen LogP contribution >= 0.6 is 0 Å². The minimum atomic E-state index is -0.184. The molecule has 1 amide bonds. The summed E-state index contributed by atoms with van der Waals surface area (Å²) in [7, 11) is 0. The van der Waals surface area contributed by atoms with Crippen LogP contribution in [0.4, 0.5) is 0 Å². The van der Waals surface area contributed by atoms with E-state index in [4.69, 9.17) is 4.74 Å². The van der Waals surface area contributed by atoms with Gasteiger partial charge in [0.05, 0.1) is 6.61 Å². The summed E-state index contributed by atoms with van der Waals surface area (Å²) in [6.45, 7) is 3.93. The maximum Gasteiger partial charge on any atom is 0.264 e. The molecule has 0 saturated carbocycles. The van der Waals surface area contributed by atoms with Gasteiger partial charge in [-0.25, -0.2) is 0 Å². The topological polar surface area (TPSA) is 53.3 Å². The highest BCUT2D eigenvalue weighted by Crippen LogP contribution is 2.22. The van der Waals surface area contributed by atoms with E-state index in [0.29, 0.717) is 12.4 Å². The first kappa shape index (κ1) is 14.1. The second-order valence-electron chi connectivity index (χ2n) is 4.64. The predicted molar refractivity (Wildman–Crippen MR) is 77.0 cm³/mol. The molecular formula is C16H18N2O2. The van der Waals surface area contributed by atoms with Crippen molar-refractivity contribution in [2.45, 2.75) is 19.8 Å². The van der Waals surface area contributed by atoms with Crippen molar-refractivity contribution in [3.8, 4) is 11.8 Å². The van der Waals surface area contributed by atoms with E-state index in [0.717, 1.165) is 31.5 Å². The first-order valence-electron chi connectivity index (χ1n) is 6.89. The van der Waals surface area contributed by atoms with Crippen molar-refractivity contribution in [3.63, 3.8) is 0 Å². The Bertz CT molecular complexity index is 552. The molecule has 1 aliphatic heterocycles. The van der Waals surface area contributed by atoms with Gasteiger partial charge in [0.2, 0.25) is 0 Å². The zero-order valence-corrected chi connectivity index (χ0v) is 11.6. The first-order valence-corrected chi connectivity index (χ1v) is 6.89. The number of likely N-dealkylation sites (tertiary alicyclic amines) is 1. The second-order valence-corrected chi connectivity index (χ2v) is 4.64. The van der Waals surface area contributed by atoms with Gasteiger partial charge >= 0.3 is 0 Å². The molecule has 0 unspecified atom stereocenters. The fourth-order valence-electron chi connectivity index (χ4n) is 2.27. The van der Waals surface area contributed by atoms with Crippen LogP contribution in [-0.4, -0.2) is 30.5 Å². The van der Waals surface area contributed by atoms with Gasteiger partial charge in [0.15, 0.2) is 0 Å². The fraction of sp³-hybridized carbons (Fsp3) is 0.375. The third-order valence-corrected chi connectivity index (χ3v) is 3.26. The third kappa shape index (κ3) is 3.18. The molecule has 1 saturated heterocycles. The van der Waals surface area contributed by atoms with Gasteiger partial charge < -0.3 is 9.64 Å². The zero-order chi connectivity index (χ0) is 14.4. The summed E-state index contributed by atoms with van der Waals surface area (Å²) >= 11 is 0. The molecule has 0 radical (unpaired) electrons. The first-order chi connectivity index (χ1) is 9.76. The maximum absolute atomic E-state index is 12.2. The molecule has 0 N–H and O–H groups in total. The zero-order valence-electron chi connectivity index (χ0n) is 11.6. The van der Waals surface area contributed by atoms with Crippen molar-refractivity contribution >= 4 is 12.0 Å². The van der Waals surface area contributed by atoms with Crippen LogP contribution in [0.1, 0.15) is 25.3 Å². The number of rotatable bonds is 4. The van der Waals surface area contributed by atoms with Crippen LogP contribution in [0.15, 0.2) is 29.8 Å². The Morgan fingerprint density at radius 2 is 2.10 bits per heavy atom. The highest BCUT2D eigenvalue weighted by molar-refractivity contribution is 6.02. The van der Waals surface area contributed by atoms with E-state index in [-0.39, 0.29) is 11.5 Å². The molecular weight excluding hydrogens is 252 g/mol. The number of ether oxygens (including phenoxy) is 1. The van der Waals surface area contributed by atoms with E-state index in [1.54, 1.807) is 11.0 Å². The van der Waals surface area contributed by atoms with Gasteiger partial charge in [-0.2, -0.15) is 5.26 Å². The van der Waals surface area contributed by atoms with Crippen molar-refractivity contribution in [1.82, 2.24) is 4.90 Å². The summed E-state index contributed by atoms with van der Waals surface area (Å²) in [4.78, 5) is 14.0. The molecule has 0 atom stereocenters. The van der Waals surface area contributed by atoms with Gasteiger partial charge in [-0.3, -0.25) is 4.79 Å². The van der Waals surface area contributed by atoms with Gasteiger partial charge in [-0.15, -0.1) is 0 Å². The largest absolute Gasteiger partial charge is 0.493 e. The van der Waals surface area contributed by atoms with Gasteiger partial charge in [0.25, 0.3) is 5.91 Å². The molecule has 1 heterocycles. The second kappa shape index (κ2) is 6.76. The van der Waals surface area contributed by atoms with E-state index in [9.17, 15) is 10.1 Å². The van der Waals surface area contributed by atoms with E-state index in [1.165, 1.54) is 0 Å². The summed E-state index contributed by atoms with van der Waals surface area (Å²) < 4.78 is 5.51. The van der Waals surface area contributed by atoms with Crippen LogP contribution in [0.25, 0.3) is 6.08 Å². The molecule has 104 valence electrons. The Morgan fingerprint density at radius 1 is 1.40 bits per heavy atom. The predicted octanol–water partition coefficient (Wildman–Crippen LogP) is 2.61. The smallest absolute Gasteiger partial charge is 0.264 e. The lowest BCUT2D eigenvalue weighted by Gasteiger charge is -2.14. The van der Waals surface area contributed by atoms with Gasteiger partial charge in [0, 0.05) is 18.7 Å². The number of hydrogen-bond donors (Lipinski definition) is 0. The molecule has 1 aromatic carbocycles. The van der Waals surface area contributed by atoms with E-state index in [1.807, 2.05) is 37.3 Å². The molecule has 0 spiro atoms. The van der Waals surface area contributed by atoms with Crippen molar-refractivity contribution < 1.29 is 9.53 Å². The number of nitrogens with zero attached hydrogens (tertiary/aromatic N) is 2. The number of para-hydroxylation sites is 1. The Balaban J connectivity index is 2.27. The SMILES string of the molecule is CCOc1ccccc1/C=C(\C#N)C(=O)N1CCCC1. The summed E-state index contributed by atoms with van der Waals surface area (Å²) in [5.41, 5.74) is 0.928. The molecule has 1 aliphatic rings. The van der Waals surface area contributed by atoms with Crippen LogP contribution in [0.3, 0.4) is 0 Å². The van der Waals surface area contributed by atoms with E-state index >= 15 is 0 Å². The number of amides is 1. The summed E-state index contributed by atoms with van der Waals surface area (Å²) in [5.74, 6) is 0.508. The third-order valence-electron chi connectivity index (χ3n) is 3.26. The molecule has 4 nitrogen and oxygen atoms in total. The standard InChI is InChI=1S/C16H18N2O2/c1-2-20-15-8-4-3-7-13(15)11-14(12-17)16(19)18-9-5-6-10-18/h3-4,7-8,11H,2,5-6,9-10H2,1H3/b14-11+. The lowest BCUT2D eigenvalue weighted by molar-refractivity contribution is -0.125. The highest BCUT2D eigenvalue weighted by Gasteiger charge is 2.21. The van der Waals surface area contributed by atoms with Crippen LogP contribution in [0.2, 0.25) is 0 Å². The number of nitriles is 1. The van der Waals surface area contributed by atoms with E-state index < -0.39 is 0 Å². The van der Waals surface area contributed by atoms with Crippen molar-refractivity contribution in [2.75, 3.05) is 19.7 Å². The number of hydrogen-bond acceptors (Lipinski definition) is 3. The quantitative estimate of drug-likeness (QED) is 0.624. The Morgan fingerprint density at radius 3 is 2.75 bits per heavy atom. The maximum atomic E-state index is 12.2. The molecule has 4 heteroatoms. The van der Waals surface area contributed by atoms with Gasteiger partial charge in [0.1, 0.15) is 17.4 Å². The molecule has 1 aromatic rings. The van der Waals surface area contributed by atoms with Crippen LogP contribution in [0, 0.1) is 11.3 Å². The van der Waals surface area contributed by atoms with Crippen LogP contribution in [0.5, 0.6) is 5.75 Å². The van der Waals surface area contributed by atoms with E-state index in [2.05, 4.69) is 0 Å². The lowest BCUT2D eigenvalue weighted by atomic mass is 10.1. The van der Waals surface area contributed by atoms with Crippen molar-refractivity contribution in [1.29, 1.82) is 5.26 Å². The summed E-state index contributed by atoms with van der Waals surface area (Å²) in [5, 5.41) is 9.23. The van der Waals surface area contributed by atoms with Crippen LogP contribution < -0.4 is 4.74 Å². The molecule has 1 fully saturated rings. The lowest BCUT2D eigenvalue weighted by Crippen LogP contribution is -2.28. The van der Waals surface area contributed by atoms with Crippen LogP contribution in [-0.2, 0) is 4.79 Å². The van der Waals surface area contributed by atoms with Gasteiger partial charge in [-0.05, 0) is 31.9 Å². The number of carbonyl (C=O) groups excluding carboxylic acids is 1. The Hall–Kier alpha value is -2.28. The summed E-state index contributed by atoms with van der Waals surface area (Å²) in [6.07, 6.45) is 3.64. The molecule has 20 heavy (non-hydrogen) atoms. The highest BCUT2D eigenvalue weighted by atomic mass is 16.5. The average molecular weight is 270 g/mol. The molecule has 2 rings (SSSR count). The monoisotopic (exact) mass is 270 g/mol. The number of benzene rings is 1. The molecule has 0 aromatic heterocycles. The summed E-state index contributed by atoms with van der Waals surface area (Å²) in [6, 6.07) is 9.43. The van der Waals surface area contributed by atoms with Crippen molar-refractivity contribution in [2.24, 2.45) is 0 Å². The van der Waals surface area contributed by atoms with Crippen molar-refractivity contribution in [3.05, 3.63) is 35.4 Å². The Kier molecular flexibility index (Phi) is 4.78. The Labute approximate surface area is 119 Å². The number of carbonyl (C=O) groups is 1. The normalized spacial score (nSPS) is 15.0.